The topological polar surface area (TPSA) is 26.1 Å². The Morgan fingerprint density at radius 2 is 2.08 bits per heavy atom. The minimum Gasteiger partial charge on any atom is -0.481 e. The summed E-state index contributed by atoms with van der Waals surface area (Å²) in [6.07, 6.45) is 0. The summed E-state index contributed by atoms with van der Waals surface area (Å²) in [4.78, 5) is 0. The van der Waals surface area contributed by atoms with Gasteiger partial charge in [0.2, 0.25) is 0 Å². The fraction of sp³-hybridized carbons (Fsp3) is 0.200. The number of hydrogen-bond donors (Lipinski definition) is 1. The predicted molar refractivity (Wildman–Crippen MR) is 50.9 cm³/mol. The van der Waals surface area contributed by atoms with E-state index in [-0.39, 0.29) is 18.9 Å². The summed E-state index contributed by atoms with van der Waals surface area (Å²) in [5, 5.41) is 9.71. The molecule has 1 fully saturated rings. The van der Waals surface area contributed by atoms with Gasteiger partial charge in [0.25, 0.3) is 0 Å². The third-order valence-electron chi connectivity index (χ3n) is 1.95. The SMILES string of the molecule is C=c1cccc/c1=C1/[N-]CCN1.[Li+]. The molecule has 62 valence electrons. The molecule has 1 aromatic rings. The van der Waals surface area contributed by atoms with Gasteiger partial charge >= 0.3 is 18.9 Å². The Morgan fingerprint density at radius 3 is 2.69 bits per heavy atom. The standard InChI is InChI=1S/C10H11N2.Li/c1-8-4-2-3-5-9(8)10-11-6-7-12-10;/h2-5,11H,1,6-7H2;/q-1;+1/b10-9-;. The zero-order chi connectivity index (χ0) is 8.39. The predicted octanol–water partition coefficient (Wildman–Crippen LogP) is -2.86. The first-order chi connectivity index (χ1) is 5.88. The van der Waals surface area contributed by atoms with Crippen LogP contribution in [0.5, 0.6) is 0 Å². The van der Waals surface area contributed by atoms with Crippen molar-refractivity contribution < 1.29 is 18.9 Å². The van der Waals surface area contributed by atoms with Crippen LogP contribution in [-0.4, -0.2) is 13.1 Å². The van der Waals surface area contributed by atoms with Crippen LogP contribution < -0.4 is 34.6 Å². The third kappa shape index (κ3) is 2.09. The van der Waals surface area contributed by atoms with Gasteiger partial charge in [-0.15, -0.1) is 0 Å². The van der Waals surface area contributed by atoms with Gasteiger partial charge in [0, 0.05) is 0 Å². The van der Waals surface area contributed by atoms with Gasteiger partial charge in [-0.25, -0.2) is 0 Å². The van der Waals surface area contributed by atoms with Crippen LogP contribution >= 0.6 is 0 Å². The monoisotopic (exact) mass is 166 g/mol. The van der Waals surface area contributed by atoms with E-state index in [2.05, 4.69) is 17.2 Å². The molecule has 1 aliphatic rings. The fourth-order valence-corrected chi connectivity index (χ4v) is 1.33. The molecule has 3 heteroatoms. The molecule has 0 saturated carbocycles. The second kappa shape index (κ2) is 4.41. The van der Waals surface area contributed by atoms with Gasteiger partial charge in [-0.05, 0) is 10.4 Å². The van der Waals surface area contributed by atoms with Crippen molar-refractivity contribution in [3.8, 4) is 0 Å². The Hall–Kier alpha value is -0.843. The zero-order valence-electron chi connectivity index (χ0n) is 7.88. The van der Waals surface area contributed by atoms with Crippen molar-refractivity contribution >= 4 is 12.4 Å². The van der Waals surface area contributed by atoms with E-state index >= 15 is 0 Å². The van der Waals surface area contributed by atoms with Gasteiger partial charge in [0.1, 0.15) is 0 Å². The van der Waals surface area contributed by atoms with Gasteiger partial charge in [-0.2, -0.15) is 0 Å². The normalized spacial score (nSPS) is 18.5. The summed E-state index contributed by atoms with van der Waals surface area (Å²) in [5.74, 6) is 0.987. The van der Waals surface area contributed by atoms with Crippen LogP contribution in [0.4, 0.5) is 0 Å². The van der Waals surface area contributed by atoms with E-state index in [1.54, 1.807) is 0 Å². The number of benzene rings is 1. The Labute approximate surface area is 89.9 Å². The maximum absolute atomic E-state index is 4.33. The van der Waals surface area contributed by atoms with Crippen molar-refractivity contribution in [2.24, 2.45) is 0 Å². The van der Waals surface area contributed by atoms with E-state index in [1.165, 1.54) is 0 Å². The molecular formula is C10H11LiN2. The Bertz CT molecular complexity index is 378. The van der Waals surface area contributed by atoms with Crippen molar-refractivity contribution in [2.45, 2.75) is 0 Å². The summed E-state index contributed by atoms with van der Waals surface area (Å²) in [6.45, 7) is 5.77. The van der Waals surface area contributed by atoms with Crippen molar-refractivity contribution in [1.82, 2.24) is 5.32 Å². The molecule has 0 atom stereocenters. The molecule has 1 N–H and O–H groups in total. The Balaban J connectivity index is 0.000000845. The first-order valence-corrected chi connectivity index (χ1v) is 4.07. The minimum atomic E-state index is 0. The maximum Gasteiger partial charge on any atom is 1.00 e. The van der Waals surface area contributed by atoms with E-state index in [0.717, 1.165) is 29.3 Å². The van der Waals surface area contributed by atoms with E-state index in [4.69, 9.17) is 0 Å². The average molecular weight is 166 g/mol. The zero-order valence-corrected chi connectivity index (χ0v) is 7.88. The van der Waals surface area contributed by atoms with E-state index in [1.807, 2.05) is 24.3 Å². The number of nitrogens with one attached hydrogen (secondary N) is 1. The molecule has 1 aromatic carbocycles. The van der Waals surface area contributed by atoms with E-state index < -0.39 is 0 Å². The molecule has 1 saturated heterocycles. The molecule has 0 radical (unpaired) electrons. The van der Waals surface area contributed by atoms with Crippen molar-refractivity contribution in [1.29, 1.82) is 0 Å². The Kier molecular flexibility index (Phi) is 3.47. The summed E-state index contributed by atoms with van der Waals surface area (Å²) in [6, 6.07) is 8.03. The molecule has 1 heterocycles. The van der Waals surface area contributed by atoms with Crippen LogP contribution in [0.1, 0.15) is 0 Å². The molecule has 2 rings (SSSR count). The third-order valence-corrected chi connectivity index (χ3v) is 1.95. The molecule has 0 aromatic heterocycles. The van der Waals surface area contributed by atoms with Gasteiger partial charge in [0.05, 0.1) is 0 Å². The average Bonchev–Trinajstić information content (AvgIpc) is 2.57. The van der Waals surface area contributed by atoms with Crippen molar-refractivity contribution in [3.63, 3.8) is 0 Å². The smallest absolute Gasteiger partial charge is 0.481 e. The van der Waals surface area contributed by atoms with Gasteiger partial charge < -0.3 is 10.6 Å². The quantitative estimate of drug-likeness (QED) is 0.412. The summed E-state index contributed by atoms with van der Waals surface area (Å²) in [5.41, 5.74) is 0. The maximum atomic E-state index is 4.33. The summed E-state index contributed by atoms with van der Waals surface area (Å²) in [7, 11) is 0. The van der Waals surface area contributed by atoms with Crippen molar-refractivity contribution in [3.05, 3.63) is 40.0 Å². The summed E-state index contributed by atoms with van der Waals surface area (Å²) >= 11 is 0. The molecule has 0 spiro atoms. The molecule has 0 unspecified atom stereocenters. The number of nitrogens with zero attached hydrogens (tertiary/aromatic N) is 1. The molecular weight excluding hydrogens is 155 g/mol. The van der Waals surface area contributed by atoms with Crippen LogP contribution in [0, 0.1) is 0 Å². The largest absolute Gasteiger partial charge is 1.00 e. The van der Waals surface area contributed by atoms with Gasteiger partial charge in [-0.1, -0.05) is 49.8 Å². The fourth-order valence-electron chi connectivity index (χ4n) is 1.33. The molecule has 2 nitrogen and oxygen atoms in total. The second-order valence-electron chi connectivity index (χ2n) is 2.81. The van der Waals surface area contributed by atoms with E-state index in [0.29, 0.717) is 0 Å². The van der Waals surface area contributed by atoms with Crippen LogP contribution in [0.2, 0.25) is 0 Å². The van der Waals surface area contributed by atoms with Crippen molar-refractivity contribution in [2.75, 3.05) is 13.1 Å². The van der Waals surface area contributed by atoms with Gasteiger partial charge in [0.15, 0.2) is 0 Å². The molecule has 13 heavy (non-hydrogen) atoms. The minimum absolute atomic E-state index is 0. The number of hydrogen-bond acceptors (Lipinski definition) is 1. The summed E-state index contributed by atoms with van der Waals surface area (Å²) < 4.78 is 0. The first kappa shape index (κ1) is 10.2. The molecule has 0 aliphatic carbocycles. The molecule has 0 amide bonds. The second-order valence-corrected chi connectivity index (χ2v) is 2.81. The van der Waals surface area contributed by atoms with Crippen LogP contribution in [0.15, 0.2) is 24.3 Å². The molecule has 1 aliphatic heterocycles. The van der Waals surface area contributed by atoms with E-state index in [9.17, 15) is 0 Å². The van der Waals surface area contributed by atoms with Crippen LogP contribution in [-0.2, 0) is 0 Å². The van der Waals surface area contributed by atoms with Gasteiger partial charge in [-0.3, -0.25) is 0 Å². The molecule has 0 bridgehead atoms. The number of rotatable bonds is 0. The van der Waals surface area contributed by atoms with Crippen LogP contribution in [0.25, 0.3) is 17.7 Å². The first-order valence-electron chi connectivity index (χ1n) is 4.07. The van der Waals surface area contributed by atoms with Crippen LogP contribution in [0.3, 0.4) is 0 Å². The Morgan fingerprint density at radius 1 is 1.31 bits per heavy atom.